The first kappa shape index (κ1) is 15.9. The largest absolute Gasteiger partial charge is 0.333 e. The first-order chi connectivity index (χ1) is 11.6. The molecule has 0 spiro atoms. The van der Waals surface area contributed by atoms with Crippen LogP contribution in [0.15, 0.2) is 74.9 Å². The highest BCUT2D eigenvalue weighted by molar-refractivity contribution is 9.10. The Hall–Kier alpha value is -2.93. The smallest absolute Gasteiger partial charge is 0.322 e. The molecule has 0 unspecified atom stereocenters. The molecule has 0 saturated heterocycles. The number of anilines is 1. The average Bonchev–Trinajstić information content (AvgIpc) is 2.58. The highest BCUT2D eigenvalue weighted by atomic mass is 79.9. The van der Waals surface area contributed by atoms with Gasteiger partial charge in [0.1, 0.15) is 5.56 Å². The summed E-state index contributed by atoms with van der Waals surface area (Å²) in [6, 6.07) is 15.3. The maximum absolute atomic E-state index is 12.6. The average molecular weight is 386 g/mol. The molecule has 0 aliphatic carbocycles. The van der Waals surface area contributed by atoms with E-state index in [4.69, 9.17) is 0 Å². The van der Waals surface area contributed by atoms with Crippen LogP contribution >= 0.6 is 15.9 Å². The van der Waals surface area contributed by atoms with Crippen molar-refractivity contribution in [2.45, 2.75) is 0 Å². The number of aromatic nitrogens is 2. The third kappa shape index (κ3) is 3.21. The zero-order chi connectivity index (χ0) is 17.1. The fourth-order valence-corrected chi connectivity index (χ4v) is 2.44. The zero-order valence-electron chi connectivity index (χ0n) is 12.3. The van der Waals surface area contributed by atoms with Crippen LogP contribution in [0.4, 0.5) is 5.69 Å². The standard InChI is InChI=1S/C17H12BrN3O3/c18-11-6-8-12(9-7-11)20-15(22)14-10-19-17(24)21(16(14)23)13-4-2-1-3-5-13/h1-10H,(H,19,24)(H,20,22). The van der Waals surface area contributed by atoms with Crippen LogP contribution < -0.4 is 16.6 Å². The molecule has 2 N–H and O–H groups in total. The molecule has 1 aromatic heterocycles. The van der Waals surface area contributed by atoms with Gasteiger partial charge in [-0.1, -0.05) is 34.1 Å². The van der Waals surface area contributed by atoms with Crippen molar-refractivity contribution < 1.29 is 4.79 Å². The molecule has 2 aromatic carbocycles. The summed E-state index contributed by atoms with van der Waals surface area (Å²) in [5.41, 5.74) is -0.505. The maximum atomic E-state index is 12.6. The zero-order valence-corrected chi connectivity index (χ0v) is 13.9. The van der Waals surface area contributed by atoms with Gasteiger partial charge < -0.3 is 10.3 Å². The first-order valence-electron chi connectivity index (χ1n) is 7.03. The van der Waals surface area contributed by atoms with Crippen LogP contribution in [0.2, 0.25) is 0 Å². The van der Waals surface area contributed by atoms with E-state index in [1.54, 1.807) is 54.6 Å². The van der Waals surface area contributed by atoms with Crippen molar-refractivity contribution in [2.75, 3.05) is 5.32 Å². The Labute approximate surface area is 144 Å². The lowest BCUT2D eigenvalue weighted by Gasteiger charge is -2.08. The van der Waals surface area contributed by atoms with E-state index in [9.17, 15) is 14.4 Å². The Morgan fingerprint density at radius 1 is 1.00 bits per heavy atom. The summed E-state index contributed by atoms with van der Waals surface area (Å²) in [7, 11) is 0. The summed E-state index contributed by atoms with van der Waals surface area (Å²) in [6.45, 7) is 0. The molecule has 0 bridgehead atoms. The molecule has 1 amide bonds. The summed E-state index contributed by atoms with van der Waals surface area (Å²) < 4.78 is 1.80. The van der Waals surface area contributed by atoms with Crippen molar-refractivity contribution in [3.8, 4) is 5.69 Å². The van der Waals surface area contributed by atoms with Crippen LogP contribution in [0.5, 0.6) is 0 Å². The first-order valence-corrected chi connectivity index (χ1v) is 7.82. The second-order valence-corrected chi connectivity index (χ2v) is 5.86. The molecular weight excluding hydrogens is 374 g/mol. The molecule has 0 radical (unpaired) electrons. The summed E-state index contributed by atoms with van der Waals surface area (Å²) in [4.78, 5) is 39.3. The van der Waals surface area contributed by atoms with Crippen molar-refractivity contribution in [2.24, 2.45) is 0 Å². The molecule has 0 fully saturated rings. The van der Waals surface area contributed by atoms with E-state index in [-0.39, 0.29) is 5.56 Å². The topological polar surface area (TPSA) is 84.0 Å². The van der Waals surface area contributed by atoms with Crippen molar-refractivity contribution in [1.82, 2.24) is 9.55 Å². The van der Waals surface area contributed by atoms with Crippen molar-refractivity contribution in [3.05, 3.63) is 91.7 Å². The Kier molecular flexibility index (Phi) is 4.43. The summed E-state index contributed by atoms with van der Waals surface area (Å²) >= 11 is 3.31. The van der Waals surface area contributed by atoms with Crippen molar-refractivity contribution >= 4 is 27.5 Å². The Bertz CT molecular complexity index is 992. The molecule has 1 heterocycles. The Balaban J connectivity index is 2.00. The number of aromatic amines is 1. The van der Waals surface area contributed by atoms with Crippen LogP contribution in [-0.2, 0) is 0 Å². The molecule has 0 aliphatic heterocycles. The van der Waals surface area contributed by atoms with Crippen molar-refractivity contribution in [3.63, 3.8) is 0 Å². The van der Waals surface area contributed by atoms with Crippen LogP contribution in [-0.4, -0.2) is 15.5 Å². The number of nitrogens with zero attached hydrogens (tertiary/aromatic N) is 1. The lowest BCUT2D eigenvalue weighted by atomic mass is 10.2. The van der Waals surface area contributed by atoms with Crippen molar-refractivity contribution in [1.29, 1.82) is 0 Å². The van der Waals surface area contributed by atoms with Gasteiger partial charge in [0.15, 0.2) is 0 Å². The van der Waals surface area contributed by atoms with E-state index in [2.05, 4.69) is 26.2 Å². The molecule has 6 nitrogen and oxygen atoms in total. The quantitative estimate of drug-likeness (QED) is 0.726. The molecule has 7 heteroatoms. The molecule has 24 heavy (non-hydrogen) atoms. The fourth-order valence-electron chi connectivity index (χ4n) is 2.18. The van der Waals surface area contributed by atoms with E-state index in [0.717, 1.165) is 15.2 Å². The third-order valence-electron chi connectivity index (χ3n) is 3.34. The number of para-hydroxylation sites is 1. The summed E-state index contributed by atoms with van der Waals surface area (Å²) in [5, 5.41) is 2.63. The second kappa shape index (κ2) is 6.67. The summed E-state index contributed by atoms with van der Waals surface area (Å²) in [6.07, 6.45) is 1.12. The van der Waals surface area contributed by atoms with E-state index in [0.29, 0.717) is 11.4 Å². The number of benzene rings is 2. The van der Waals surface area contributed by atoms with E-state index >= 15 is 0 Å². The van der Waals surface area contributed by atoms with Gasteiger partial charge in [-0.25, -0.2) is 9.36 Å². The monoisotopic (exact) mass is 385 g/mol. The van der Waals surface area contributed by atoms with Gasteiger partial charge in [-0.15, -0.1) is 0 Å². The number of nitrogens with one attached hydrogen (secondary N) is 2. The highest BCUT2D eigenvalue weighted by Gasteiger charge is 2.15. The number of amides is 1. The number of carbonyl (C=O) groups excluding carboxylic acids is 1. The number of rotatable bonds is 3. The third-order valence-corrected chi connectivity index (χ3v) is 3.87. The number of carbonyl (C=O) groups is 1. The van der Waals surface area contributed by atoms with Gasteiger partial charge in [-0.05, 0) is 36.4 Å². The lowest BCUT2D eigenvalue weighted by Crippen LogP contribution is -2.38. The fraction of sp³-hybridized carbons (Fsp3) is 0. The summed E-state index contributed by atoms with van der Waals surface area (Å²) in [5.74, 6) is -0.594. The molecule has 3 rings (SSSR count). The maximum Gasteiger partial charge on any atom is 0.333 e. The number of hydrogen-bond donors (Lipinski definition) is 2. The SMILES string of the molecule is O=C(Nc1ccc(Br)cc1)c1c[nH]c(=O)n(-c2ccccc2)c1=O. The Morgan fingerprint density at radius 2 is 1.67 bits per heavy atom. The number of hydrogen-bond acceptors (Lipinski definition) is 3. The molecular formula is C17H12BrN3O3. The predicted octanol–water partition coefficient (Wildman–Crippen LogP) is 2.54. The van der Waals surface area contributed by atoms with Crippen LogP contribution in [0, 0.1) is 0 Å². The molecule has 3 aromatic rings. The van der Waals surface area contributed by atoms with Gasteiger partial charge in [0.25, 0.3) is 11.5 Å². The lowest BCUT2D eigenvalue weighted by molar-refractivity contribution is 0.102. The minimum Gasteiger partial charge on any atom is -0.322 e. The molecule has 0 atom stereocenters. The van der Waals surface area contributed by atoms with E-state index in [1.807, 2.05) is 0 Å². The van der Waals surface area contributed by atoms with Gasteiger partial charge in [-0.3, -0.25) is 9.59 Å². The number of halogens is 1. The minimum atomic E-state index is -0.681. The number of H-pyrrole nitrogens is 1. The van der Waals surface area contributed by atoms with E-state index in [1.165, 1.54) is 0 Å². The van der Waals surface area contributed by atoms with Crippen LogP contribution in [0.25, 0.3) is 5.69 Å². The van der Waals surface area contributed by atoms with Crippen LogP contribution in [0.1, 0.15) is 10.4 Å². The highest BCUT2D eigenvalue weighted by Crippen LogP contribution is 2.14. The van der Waals surface area contributed by atoms with Gasteiger partial charge in [0, 0.05) is 16.4 Å². The van der Waals surface area contributed by atoms with E-state index < -0.39 is 17.2 Å². The van der Waals surface area contributed by atoms with Gasteiger partial charge >= 0.3 is 5.69 Å². The minimum absolute atomic E-state index is 0.152. The molecule has 120 valence electrons. The second-order valence-electron chi connectivity index (χ2n) is 4.94. The molecule has 0 aliphatic rings. The normalized spacial score (nSPS) is 10.4. The van der Waals surface area contributed by atoms with Gasteiger partial charge in [0.05, 0.1) is 5.69 Å². The predicted molar refractivity (Wildman–Crippen MR) is 94.8 cm³/mol. The van der Waals surface area contributed by atoms with Gasteiger partial charge in [-0.2, -0.15) is 0 Å². The van der Waals surface area contributed by atoms with Gasteiger partial charge in [0.2, 0.25) is 0 Å². The Morgan fingerprint density at radius 3 is 2.33 bits per heavy atom. The van der Waals surface area contributed by atoms with Crippen LogP contribution in [0.3, 0.4) is 0 Å². The molecule has 0 saturated carbocycles.